The van der Waals surface area contributed by atoms with Crippen LogP contribution in [0.4, 0.5) is 5.69 Å². The van der Waals surface area contributed by atoms with Gasteiger partial charge in [-0.1, -0.05) is 6.92 Å². The Labute approximate surface area is 135 Å². The highest BCUT2D eigenvalue weighted by Gasteiger charge is 2.24. The number of hydrogen-bond donors (Lipinski definition) is 2. The van der Waals surface area contributed by atoms with Crippen LogP contribution in [-0.2, 0) is 9.59 Å². The third-order valence-corrected chi connectivity index (χ3v) is 3.90. The summed E-state index contributed by atoms with van der Waals surface area (Å²) in [5.41, 5.74) is 0.830. The quantitative estimate of drug-likeness (QED) is 0.838. The lowest BCUT2D eigenvalue weighted by Crippen LogP contribution is -2.34. The number of carbonyl (C=O) groups is 3. The molecule has 118 valence electrons. The summed E-state index contributed by atoms with van der Waals surface area (Å²) in [6.07, 6.45) is 0. The van der Waals surface area contributed by atoms with Gasteiger partial charge in [0, 0.05) is 18.1 Å². The first-order valence-electron chi connectivity index (χ1n) is 6.54. The number of fused-ring (bicyclic) bond motifs is 1. The molecule has 2 N–H and O–H groups in total. The van der Waals surface area contributed by atoms with E-state index in [2.05, 4.69) is 21.2 Å². The van der Waals surface area contributed by atoms with Crippen LogP contribution in [0.15, 0.2) is 16.6 Å². The monoisotopic (exact) mass is 370 g/mol. The minimum Gasteiger partial charge on any atom is -0.482 e. The van der Waals surface area contributed by atoms with Crippen molar-refractivity contribution in [3.8, 4) is 5.75 Å². The fourth-order valence-corrected chi connectivity index (χ4v) is 2.55. The second kappa shape index (κ2) is 6.35. The van der Waals surface area contributed by atoms with E-state index in [-0.39, 0.29) is 25.0 Å². The van der Waals surface area contributed by atoms with E-state index in [4.69, 9.17) is 9.84 Å². The molecule has 7 nitrogen and oxygen atoms in total. The van der Waals surface area contributed by atoms with Crippen LogP contribution in [0.5, 0.6) is 5.75 Å². The highest BCUT2D eigenvalue weighted by Crippen LogP contribution is 2.34. The number of nitrogens with zero attached hydrogens (tertiary/aromatic N) is 1. The second-order valence-electron chi connectivity index (χ2n) is 5.09. The molecule has 0 saturated heterocycles. The first-order chi connectivity index (χ1) is 10.3. The van der Waals surface area contributed by atoms with Gasteiger partial charge in [0.1, 0.15) is 5.75 Å². The van der Waals surface area contributed by atoms with Gasteiger partial charge in [0.05, 0.1) is 17.2 Å². The number of aliphatic carboxylic acids is 1. The number of halogens is 1. The standard InChI is InChI=1S/C14H15BrN2O5/c1-7(14(20)21)5-17(2)13(19)8-3-11-10(4-9(8)15)16-12(18)6-22-11/h3-4,7H,5-6H2,1-2H3,(H,16,18)(H,20,21). The van der Waals surface area contributed by atoms with Gasteiger partial charge >= 0.3 is 5.97 Å². The van der Waals surface area contributed by atoms with Crippen LogP contribution in [0.2, 0.25) is 0 Å². The van der Waals surface area contributed by atoms with Crippen LogP contribution in [-0.4, -0.2) is 48.0 Å². The van der Waals surface area contributed by atoms with Crippen molar-refractivity contribution in [3.05, 3.63) is 22.2 Å². The fraction of sp³-hybridized carbons (Fsp3) is 0.357. The molecule has 1 atom stereocenters. The molecule has 2 rings (SSSR count). The van der Waals surface area contributed by atoms with Crippen molar-refractivity contribution in [2.75, 3.05) is 25.5 Å². The normalized spacial score (nSPS) is 14.4. The van der Waals surface area contributed by atoms with Crippen molar-refractivity contribution < 1.29 is 24.2 Å². The predicted molar refractivity (Wildman–Crippen MR) is 82.0 cm³/mol. The van der Waals surface area contributed by atoms with Gasteiger partial charge in [-0.3, -0.25) is 14.4 Å². The molecular formula is C14H15BrN2O5. The summed E-state index contributed by atoms with van der Waals surface area (Å²) in [7, 11) is 1.54. The minimum absolute atomic E-state index is 0.0925. The van der Waals surface area contributed by atoms with E-state index < -0.39 is 11.9 Å². The van der Waals surface area contributed by atoms with Crippen molar-refractivity contribution in [2.24, 2.45) is 5.92 Å². The molecule has 0 aromatic heterocycles. The summed E-state index contributed by atoms with van der Waals surface area (Å²) >= 11 is 3.29. The molecular weight excluding hydrogens is 356 g/mol. The summed E-state index contributed by atoms with van der Waals surface area (Å²) in [4.78, 5) is 35.9. The summed E-state index contributed by atoms with van der Waals surface area (Å²) in [6.45, 7) is 1.52. The molecule has 1 aromatic rings. The molecule has 1 unspecified atom stereocenters. The molecule has 1 aliphatic heterocycles. The number of nitrogens with one attached hydrogen (secondary N) is 1. The smallest absolute Gasteiger partial charge is 0.308 e. The van der Waals surface area contributed by atoms with Crippen LogP contribution in [0.3, 0.4) is 0 Å². The molecule has 0 bridgehead atoms. The number of anilines is 1. The van der Waals surface area contributed by atoms with Crippen molar-refractivity contribution >= 4 is 39.4 Å². The van der Waals surface area contributed by atoms with Gasteiger partial charge in [-0.25, -0.2) is 0 Å². The Balaban J connectivity index is 2.23. The third-order valence-electron chi connectivity index (χ3n) is 3.25. The number of rotatable bonds is 4. The molecule has 22 heavy (non-hydrogen) atoms. The zero-order valence-corrected chi connectivity index (χ0v) is 13.6. The summed E-state index contributed by atoms with van der Waals surface area (Å²) in [5.74, 6) is -1.81. The molecule has 1 aliphatic rings. The lowest BCUT2D eigenvalue weighted by atomic mass is 10.1. The molecule has 0 spiro atoms. The Morgan fingerprint density at radius 1 is 1.50 bits per heavy atom. The van der Waals surface area contributed by atoms with E-state index in [1.165, 1.54) is 24.9 Å². The Bertz CT molecular complexity index is 646. The van der Waals surface area contributed by atoms with Gasteiger partial charge in [-0.05, 0) is 28.1 Å². The maximum atomic E-state index is 12.4. The molecule has 0 radical (unpaired) electrons. The van der Waals surface area contributed by atoms with Crippen LogP contribution >= 0.6 is 15.9 Å². The average molecular weight is 371 g/mol. The van der Waals surface area contributed by atoms with Crippen LogP contribution in [0.25, 0.3) is 0 Å². The number of amides is 2. The van der Waals surface area contributed by atoms with Crippen molar-refractivity contribution in [1.29, 1.82) is 0 Å². The lowest BCUT2D eigenvalue weighted by Gasteiger charge is -2.23. The van der Waals surface area contributed by atoms with Gasteiger partial charge in [-0.2, -0.15) is 0 Å². The Morgan fingerprint density at radius 3 is 2.82 bits per heavy atom. The molecule has 1 aromatic carbocycles. The first kappa shape index (κ1) is 16.3. The first-order valence-corrected chi connectivity index (χ1v) is 7.33. The third kappa shape index (κ3) is 3.38. The van der Waals surface area contributed by atoms with Crippen LogP contribution in [0, 0.1) is 5.92 Å². The summed E-state index contributed by atoms with van der Waals surface area (Å²) < 4.78 is 5.78. The summed E-state index contributed by atoms with van der Waals surface area (Å²) in [5, 5.41) is 11.6. The zero-order chi connectivity index (χ0) is 16.4. The largest absolute Gasteiger partial charge is 0.482 e. The van der Waals surface area contributed by atoms with E-state index in [9.17, 15) is 14.4 Å². The molecule has 2 amide bonds. The topological polar surface area (TPSA) is 95.9 Å². The highest BCUT2D eigenvalue weighted by molar-refractivity contribution is 9.10. The van der Waals surface area contributed by atoms with Crippen LogP contribution < -0.4 is 10.1 Å². The number of hydrogen-bond acceptors (Lipinski definition) is 4. The van der Waals surface area contributed by atoms with Crippen molar-refractivity contribution in [3.63, 3.8) is 0 Å². The molecule has 1 heterocycles. The number of carbonyl (C=O) groups excluding carboxylic acids is 2. The molecule has 0 fully saturated rings. The van der Waals surface area contributed by atoms with E-state index >= 15 is 0 Å². The Morgan fingerprint density at radius 2 is 2.18 bits per heavy atom. The second-order valence-corrected chi connectivity index (χ2v) is 5.94. The minimum atomic E-state index is -0.963. The SMILES string of the molecule is CC(CN(C)C(=O)c1cc2c(cc1Br)NC(=O)CO2)C(=O)O. The van der Waals surface area contributed by atoms with Gasteiger partial charge in [0.15, 0.2) is 6.61 Å². The van der Waals surface area contributed by atoms with Gasteiger partial charge < -0.3 is 20.1 Å². The molecule has 0 aliphatic carbocycles. The molecule has 8 heteroatoms. The van der Waals surface area contributed by atoms with E-state index in [0.717, 1.165) is 0 Å². The van der Waals surface area contributed by atoms with Gasteiger partial charge in [0.25, 0.3) is 11.8 Å². The number of carboxylic acid groups (broad SMARTS) is 1. The average Bonchev–Trinajstić information content (AvgIpc) is 2.45. The molecule has 0 saturated carbocycles. The van der Waals surface area contributed by atoms with Gasteiger partial charge in [0.2, 0.25) is 0 Å². The van der Waals surface area contributed by atoms with E-state index in [1.54, 1.807) is 6.07 Å². The number of ether oxygens (including phenoxy) is 1. The van der Waals surface area contributed by atoms with Crippen molar-refractivity contribution in [1.82, 2.24) is 4.90 Å². The van der Waals surface area contributed by atoms with Crippen molar-refractivity contribution in [2.45, 2.75) is 6.92 Å². The number of carboxylic acids is 1. The Hall–Kier alpha value is -2.09. The fourth-order valence-electron chi connectivity index (χ4n) is 2.04. The van der Waals surface area contributed by atoms with E-state index in [1.807, 2.05) is 0 Å². The number of benzene rings is 1. The van der Waals surface area contributed by atoms with Gasteiger partial charge in [-0.15, -0.1) is 0 Å². The maximum Gasteiger partial charge on any atom is 0.308 e. The van der Waals surface area contributed by atoms with E-state index in [0.29, 0.717) is 21.5 Å². The highest BCUT2D eigenvalue weighted by atomic mass is 79.9. The maximum absolute atomic E-state index is 12.4. The summed E-state index contributed by atoms with van der Waals surface area (Å²) in [6, 6.07) is 3.12. The Kier molecular flexibility index (Phi) is 4.70. The lowest BCUT2D eigenvalue weighted by molar-refractivity contribution is -0.141. The van der Waals surface area contributed by atoms with Crippen LogP contribution in [0.1, 0.15) is 17.3 Å². The predicted octanol–water partition coefficient (Wildman–Crippen LogP) is 1.57. The zero-order valence-electron chi connectivity index (χ0n) is 12.1.